The lowest BCUT2D eigenvalue weighted by atomic mass is 10.0. The summed E-state index contributed by atoms with van der Waals surface area (Å²) in [5.74, 6) is 0.993. The molecule has 29 heavy (non-hydrogen) atoms. The van der Waals surface area contributed by atoms with Crippen LogP contribution in [0.3, 0.4) is 0 Å². The minimum Gasteiger partial charge on any atom is -0.454 e. The zero-order valence-electron chi connectivity index (χ0n) is 16.1. The minimum absolute atomic E-state index is 0.0335. The molecule has 8 heteroatoms. The van der Waals surface area contributed by atoms with Crippen molar-refractivity contribution >= 4 is 15.7 Å². The van der Waals surface area contributed by atoms with Crippen molar-refractivity contribution in [2.75, 3.05) is 31.9 Å². The van der Waals surface area contributed by atoms with E-state index in [2.05, 4.69) is 0 Å². The summed E-state index contributed by atoms with van der Waals surface area (Å²) in [6.07, 6.45) is 0.448. The Morgan fingerprint density at radius 2 is 1.69 bits per heavy atom. The van der Waals surface area contributed by atoms with Crippen LogP contribution in [0.5, 0.6) is 11.5 Å². The van der Waals surface area contributed by atoms with E-state index in [9.17, 15) is 13.2 Å². The number of hydrogen-bond donors (Lipinski definition) is 0. The van der Waals surface area contributed by atoms with Crippen molar-refractivity contribution in [3.8, 4) is 11.5 Å². The predicted molar refractivity (Wildman–Crippen MR) is 106 cm³/mol. The molecule has 0 unspecified atom stereocenters. The zero-order chi connectivity index (χ0) is 20.4. The fourth-order valence-electron chi connectivity index (χ4n) is 3.54. The molecule has 2 atom stereocenters. The molecule has 154 valence electrons. The van der Waals surface area contributed by atoms with Crippen LogP contribution < -0.4 is 9.47 Å². The molecule has 2 aromatic rings. The summed E-state index contributed by atoms with van der Waals surface area (Å²) in [7, 11) is -3.21. The van der Waals surface area contributed by atoms with Gasteiger partial charge in [0.2, 0.25) is 12.7 Å². The number of carbonyl (C=O) groups is 1. The van der Waals surface area contributed by atoms with Gasteiger partial charge in [0.15, 0.2) is 11.5 Å². The monoisotopic (exact) mass is 417 g/mol. The number of ether oxygens (including phenoxy) is 3. The first kappa shape index (κ1) is 19.7. The highest BCUT2D eigenvalue weighted by Gasteiger charge is 2.33. The second kappa shape index (κ2) is 8.04. The van der Waals surface area contributed by atoms with E-state index in [1.54, 1.807) is 4.90 Å². The number of carbonyl (C=O) groups excluding carboxylic acids is 1. The predicted octanol–water partition coefficient (Wildman–Crippen LogP) is 2.49. The number of hydrogen-bond acceptors (Lipinski definition) is 6. The van der Waals surface area contributed by atoms with E-state index in [0.29, 0.717) is 24.6 Å². The molecule has 2 aliphatic heterocycles. The van der Waals surface area contributed by atoms with Crippen LogP contribution in [0, 0.1) is 0 Å². The van der Waals surface area contributed by atoms with E-state index in [-0.39, 0.29) is 37.1 Å². The maximum atomic E-state index is 12.7. The summed E-state index contributed by atoms with van der Waals surface area (Å²) in [6.45, 7) is 0.923. The van der Waals surface area contributed by atoms with E-state index in [0.717, 1.165) is 17.4 Å². The third kappa shape index (κ3) is 4.71. The van der Waals surface area contributed by atoms with Crippen molar-refractivity contribution in [3.05, 3.63) is 59.7 Å². The van der Waals surface area contributed by atoms with Crippen LogP contribution in [0.25, 0.3) is 0 Å². The SMILES string of the molecule is CS(=O)(=O)CCC(=O)N1C[C@@H](c2ccccc2)O[C@@H](c2ccc3c(c2)OCO3)C1. The average Bonchev–Trinajstić information content (AvgIpc) is 3.19. The Bertz CT molecular complexity index is 991. The molecule has 1 fully saturated rings. The van der Waals surface area contributed by atoms with Crippen LogP contribution >= 0.6 is 0 Å². The number of sulfone groups is 1. The first-order chi connectivity index (χ1) is 13.9. The Morgan fingerprint density at radius 3 is 2.41 bits per heavy atom. The molecule has 0 bridgehead atoms. The van der Waals surface area contributed by atoms with Crippen molar-refractivity contribution < 1.29 is 27.4 Å². The molecule has 2 aliphatic rings. The molecule has 4 rings (SSSR count). The zero-order valence-corrected chi connectivity index (χ0v) is 16.9. The first-order valence-electron chi connectivity index (χ1n) is 9.44. The lowest BCUT2D eigenvalue weighted by Gasteiger charge is -2.38. The second-order valence-corrected chi connectivity index (χ2v) is 9.58. The summed E-state index contributed by atoms with van der Waals surface area (Å²) in [4.78, 5) is 14.4. The van der Waals surface area contributed by atoms with E-state index < -0.39 is 9.84 Å². The number of nitrogens with zero attached hydrogens (tertiary/aromatic N) is 1. The fourth-order valence-corrected chi connectivity index (χ4v) is 4.09. The number of rotatable bonds is 5. The molecule has 0 N–H and O–H groups in total. The van der Waals surface area contributed by atoms with Gasteiger partial charge < -0.3 is 19.1 Å². The fraction of sp³-hybridized carbons (Fsp3) is 0.381. The average molecular weight is 417 g/mol. The van der Waals surface area contributed by atoms with Crippen molar-refractivity contribution in [1.29, 1.82) is 0 Å². The number of fused-ring (bicyclic) bond motifs is 1. The maximum Gasteiger partial charge on any atom is 0.231 e. The normalized spacial score (nSPS) is 21.2. The standard InChI is InChI=1S/C21H23NO6S/c1-29(24,25)10-9-21(23)22-12-19(15-5-3-2-4-6-15)28-20(13-22)16-7-8-17-18(11-16)27-14-26-17/h2-8,11,19-20H,9-10,12-14H2,1H3/t19-,20+/m0/s1. The van der Waals surface area contributed by atoms with Crippen LogP contribution in [0.2, 0.25) is 0 Å². The Hall–Kier alpha value is -2.58. The van der Waals surface area contributed by atoms with Crippen LogP contribution in [-0.2, 0) is 19.4 Å². The minimum atomic E-state index is -3.21. The molecular weight excluding hydrogens is 394 g/mol. The number of benzene rings is 2. The highest BCUT2D eigenvalue weighted by Crippen LogP contribution is 2.38. The van der Waals surface area contributed by atoms with Gasteiger partial charge in [-0.15, -0.1) is 0 Å². The Kier molecular flexibility index (Phi) is 5.47. The Labute approximate surface area is 170 Å². The molecule has 1 saturated heterocycles. The van der Waals surface area contributed by atoms with Crippen molar-refractivity contribution in [2.45, 2.75) is 18.6 Å². The van der Waals surface area contributed by atoms with Gasteiger partial charge in [-0.2, -0.15) is 0 Å². The molecule has 0 aromatic heterocycles. The third-order valence-electron chi connectivity index (χ3n) is 5.08. The van der Waals surface area contributed by atoms with Crippen LogP contribution in [0.4, 0.5) is 0 Å². The van der Waals surface area contributed by atoms with Gasteiger partial charge in [0.25, 0.3) is 0 Å². The molecule has 0 saturated carbocycles. The lowest BCUT2D eigenvalue weighted by molar-refractivity contribution is -0.146. The smallest absolute Gasteiger partial charge is 0.231 e. The van der Waals surface area contributed by atoms with E-state index in [1.165, 1.54) is 0 Å². The van der Waals surface area contributed by atoms with Crippen LogP contribution in [0.1, 0.15) is 29.8 Å². The molecule has 2 heterocycles. The van der Waals surface area contributed by atoms with Gasteiger partial charge in [-0.25, -0.2) is 8.42 Å². The lowest BCUT2D eigenvalue weighted by Crippen LogP contribution is -2.44. The van der Waals surface area contributed by atoms with Gasteiger partial charge >= 0.3 is 0 Å². The molecular formula is C21H23NO6S. The Balaban J connectivity index is 1.58. The summed E-state index contributed by atoms with van der Waals surface area (Å²) in [5.41, 5.74) is 1.86. The molecule has 0 spiro atoms. The molecule has 0 radical (unpaired) electrons. The van der Waals surface area contributed by atoms with E-state index in [1.807, 2.05) is 48.5 Å². The topological polar surface area (TPSA) is 82.1 Å². The largest absolute Gasteiger partial charge is 0.454 e. The van der Waals surface area contributed by atoms with Crippen molar-refractivity contribution in [3.63, 3.8) is 0 Å². The molecule has 0 aliphatic carbocycles. The Morgan fingerprint density at radius 1 is 1.00 bits per heavy atom. The quantitative estimate of drug-likeness (QED) is 0.744. The maximum absolute atomic E-state index is 12.7. The van der Waals surface area contributed by atoms with E-state index >= 15 is 0 Å². The molecule has 1 amide bonds. The van der Waals surface area contributed by atoms with Gasteiger partial charge in [0.05, 0.1) is 18.8 Å². The van der Waals surface area contributed by atoms with E-state index in [4.69, 9.17) is 14.2 Å². The van der Waals surface area contributed by atoms with Crippen molar-refractivity contribution in [1.82, 2.24) is 4.90 Å². The second-order valence-electron chi connectivity index (χ2n) is 7.32. The van der Waals surface area contributed by atoms with Gasteiger partial charge in [-0.05, 0) is 23.3 Å². The third-order valence-corrected chi connectivity index (χ3v) is 6.03. The first-order valence-corrected chi connectivity index (χ1v) is 11.5. The number of amides is 1. The highest BCUT2D eigenvalue weighted by atomic mass is 32.2. The van der Waals surface area contributed by atoms with Gasteiger partial charge in [0.1, 0.15) is 22.0 Å². The highest BCUT2D eigenvalue weighted by molar-refractivity contribution is 7.90. The summed E-state index contributed by atoms with van der Waals surface area (Å²) in [6, 6.07) is 15.3. The number of morpholine rings is 1. The van der Waals surface area contributed by atoms with Crippen LogP contribution in [-0.4, -0.2) is 51.1 Å². The van der Waals surface area contributed by atoms with Crippen LogP contribution in [0.15, 0.2) is 48.5 Å². The van der Waals surface area contributed by atoms with Gasteiger partial charge in [0, 0.05) is 12.7 Å². The van der Waals surface area contributed by atoms with Crippen molar-refractivity contribution in [2.24, 2.45) is 0 Å². The summed E-state index contributed by atoms with van der Waals surface area (Å²) < 4.78 is 40.1. The summed E-state index contributed by atoms with van der Waals surface area (Å²) >= 11 is 0. The molecule has 2 aromatic carbocycles. The van der Waals surface area contributed by atoms with Gasteiger partial charge in [-0.1, -0.05) is 36.4 Å². The molecule has 7 nitrogen and oxygen atoms in total. The summed E-state index contributed by atoms with van der Waals surface area (Å²) in [5, 5.41) is 0. The van der Waals surface area contributed by atoms with Gasteiger partial charge in [-0.3, -0.25) is 4.79 Å².